The highest BCUT2D eigenvalue weighted by Gasteiger charge is 2.57. The molecule has 4 nitrogen and oxygen atoms in total. The quantitative estimate of drug-likeness (QED) is 0.163. The van der Waals surface area contributed by atoms with Crippen molar-refractivity contribution in [2.24, 2.45) is 0 Å². The molecule has 0 N–H and O–H groups in total. The highest BCUT2D eigenvalue weighted by molar-refractivity contribution is 8.01. The molecule has 2 atom stereocenters. The van der Waals surface area contributed by atoms with E-state index in [-0.39, 0.29) is 33.3 Å². The number of para-hydroxylation sites is 2. The molecule has 0 spiro atoms. The minimum Gasteiger partial charge on any atom is -0.456 e. The number of anilines is 9. The van der Waals surface area contributed by atoms with Gasteiger partial charge in [-0.2, -0.15) is 0 Å². The third-order valence-corrected chi connectivity index (χ3v) is 22.9. The van der Waals surface area contributed by atoms with Crippen LogP contribution in [0.25, 0.3) is 43.2 Å². The fourth-order valence-corrected chi connectivity index (χ4v) is 18.4. The Morgan fingerprint density at radius 2 is 1.20 bits per heavy atom. The molecule has 0 amide bonds. The maximum atomic E-state index is 15.4. The number of aryl methyl sites for hydroxylation is 2. The lowest BCUT2D eigenvalue weighted by atomic mass is 9.36. The Hall–Kier alpha value is -7.59. The molecule has 9 aromatic carbocycles. The first-order valence-electron chi connectivity index (χ1n) is 29.1. The van der Waals surface area contributed by atoms with Gasteiger partial charge in [0.25, 0.3) is 6.71 Å². The minimum atomic E-state index is -0.596. The molecule has 11 aromatic rings. The molecule has 0 radical (unpaired) electrons. The van der Waals surface area contributed by atoms with E-state index in [1.54, 1.807) is 6.07 Å². The fraction of sp³-hybridized carbons (Fsp3) is 0.233. The summed E-state index contributed by atoms with van der Waals surface area (Å²) in [6.45, 7) is 21.1. The fourth-order valence-electron chi connectivity index (χ4n) is 15.2. The monoisotopic (exact) mass is 1110 g/mol. The smallest absolute Gasteiger partial charge is 0.266 e. The molecule has 6 heterocycles. The van der Waals surface area contributed by atoms with Gasteiger partial charge in [-0.3, -0.25) is 0 Å². The van der Waals surface area contributed by atoms with Crippen LogP contribution in [0.5, 0.6) is 0 Å². The summed E-state index contributed by atoms with van der Waals surface area (Å²) in [5.41, 5.74) is 22.3. The Morgan fingerprint density at radius 3 is 1.91 bits per heavy atom. The molecular weight excluding hydrogens is 1050 g/mol. The van der Waals surface area contributed by atoms with E-state index in [0.29, 0.717) is 16.7 Å². The van der Waals surface area contributed by atoms with Gasteiger partial charge < -0.3 is 19.1 Å². The maximum absolute atomic E-state index is 15.4. The minimum absolute atomic E-state index is 0.0271. The van der Waals surface area contributed by atoms with E-state index >= 15 is 8.78 Å². The number of halogens is 2. The van der Waals surface area contributed by atoms with Crippen LogP contribution in [0.15, 0.2) is 173 Å². The summed E-state index contributed by atoms with van der Waals surface area (Å²) in [6, 6.07) is 58.3. The molecule has 0 saturated heterocycles. The van der Waals surface area contributed by atoms with Crippen LogP contribution in [-0.2, 0) is 16.2 Å². The summed E-state index contributed by atoms with van der Waals surface area (Å²) < 4.78 is 40.3. The predicted molar refractivity (Wildman–Crippen MR) is 344 cm³/mol. The maximum Gasteiger partial charge on any atom is 0.266 e. The third kappa shape index (κ3) is 6.84. The second-order valence-electron chi connectivity index (χ2n) is 25.9. The molecule has 2 unspecified atom stereocenters. The first-order valence-corrected chi connectivity index (χ1v) is 30.7. The van der Waals surface area contributed by atoms with Gasteiger partial charge in [0, 0.05) is 80.6 Å². The number of hydrogen-bond donors (Lipinski definition) is 0. The summed E-state index contributed by atoms with van der Waals surface area (Å²) in [5, 5.41) is 2.91. The average molecular weight is 1110 g/mol. The van der Waals surface area contributed by atoms with Gasteiger partial charge in [0.2, 0.25) is 0 Å². The zero-order valence-electron chi connectivity index (χ0n) is 47.8. The van der Waals surface area contributed by atoms with Gasteiger partial charge in [-0.15, -0.1) is 23.1 Å². The summed E-state index contributed by atoms with van der Waals surface area (Å²) in [5.74, 6) is -1.19. The number of rotatable bonds is 4. The molecular formula is C73H62BF2N3OS2. The van der Waals surface area contributed by atoms with Crippen molar-refractivity contribution in [2.75, 3.05) is 14.7 Å². The van der Waals surface area contributed by atoms with Crippen LogP contribution in [0, 0.1) is 25.5 Å². The number of fused-ring (bicyclic) bond motifs is 15. The second-order valence-corrected chi connectivity index (χ2v) is 28.5. The molecule has 16 rings (SSSR count). The summed E-state index contributed by atoms with van der Waals surface area (Å²) >= 11 is 4.12. The van der Waals surface area contributed by atoms with Crippen molar-refractivity contribution in [3.05, 3.63) is 209 Å². The van der Waals surface area contributed by atoms with Gasteiger partial charge in [-0.25, -0.2) is 8.78 Å². The number of benzene rings is 9. The second kappa shape index (κ2) is 17.2. The number of furan rings is 1. The van der Waals surface area contributed by atoms with Crippen molar-refractivity contribution in [1.82, 2.24) is 0 Å². The Labute approximate surface area is 487 Å². The Balaban J connectivity index is 1.03. The van der Waals surface area contributed by atoms with E-state index in [0.717, 1.165) is 39.2 Å². The van der Waals surface area contributed by atoms with Crippen LogP contribution >= 0.6 is 23.1 Å². The van der Waals surface area contributed by atoms with E-state index in [9.17, 15) is 0 Å². The van der Waals surface area contributed by atoms with E-state index in [1.165, 1.54) is 131 Å². The number of thiophene rings is 1. The van der Waals surface area contributed by atoms with Gasteiger partial charge >= 0.3 is 0 Å². The molecule has 1 saturated carbocycles. The van der Waals surface area contributed by atoms with E-state index in [1.807, 2.05) is 23.5 Å². The van der Waals surface area contributed by atoms with Gasteiger partial charge in [0.1, 0.15) is 22.8 Å². The topological polar surface area (TPSA) is 22.9 Å². The highest BCUT2D eigenvalue weighted by atomic mass is 32.2. The third-order valence-electron chi connectivity index (χ3n) is 19.9. The van der Waals surface area contributed by atoms with E-state index < -0.39 is 11.6 Å². The predicted octanol–water partition coefficient (Wildman–Crippen LogP) is 19.5. The molecule has 1 fully saturated rings. The molecule has 4 aliphatic heterocycles. The van der Waals surface area contributed by atoms with Crippen molar-refractivity contribution in [3.8, 4) is 11.1 Å². The standard InChI is InChI=1S/C73H62BF2N3OS2/c1-41-35-50-63(36-42(41)2)81-69-67(50)79(46-28-29-48-49-37-43(23-32-61(49)80-62(48)40-46)64-54(75)19-16-20-55(64)76)60-39-47(78-56-21-12-10-17-51(56)71(6,7)52-18-11-13-22-57(52)78)38-59-65(60)74(69)66-58(77(59)45-26-24-44(25-27-45)70(3,4)5)31-30-53-68(66)82-73(9)34-15-14-33-72(53,73)8/h10-13,16-32,35-40H,14-15,33-34H2,1-9H3. The molecule has 5 aliphatic rings. The van der Waals surface area contributed by atoms with Crippen molar-refractivity contribution < 1.29 is 13.2 Å². The van der Waals surface area contributed by atoms with Gasteiger partial charge in [0.05, 0.1) is 28.3 Å². The summed E-state index contributed by atoms with van der Waals surface area (Å²) in [6.07, 6.45) is 4.85. The normalized spacial score (nSPS) is 19.3. The largest absolute Gasteiger partial charge is 0.456 e. The molecule has 0 bridgehead atoms. The van der Waals surface area contributed by atoms with Crippen LogP contribution < -0.4 is 30.4 Å². The van der Waals surface area contributed by atoms with Crippen LogP contribution in [0.3, 0.4) is 0 Å². The first kappa shape index (κ1) is 50.2. The van der Waals surface area contributed by atoms with Crippen molar-refractivity contribution in [3.63, 3.8) is 0 Å². The van der Waals surface area contributed by atoms with E-state index in [4.69, 9.17) is 4.42 Å². The lowest BCUT2D eigenvalue weighted by molar-refractivity contribution is 0.260. The van der Waals surface area contributed by atoms with Gasteiger partial charge in [-0.1, -0.05) is 121 Å². The van der Waals surface area contributed by atoms with Crippen LogP contribution in [0.2, 0.25) is 0 Å². The van der Waals surface area contributed by atoms with Crippen LogP contribution in [0.4, 0.5) is 60.0 Å². The van der Waals surface area contributed by atoms with Crippen molar-refractivity contribution >= 4 is 129 Å². The lowest BCUT2D eigenvalue weighted by Crippen LogP contribution is -2.61. The van der Waals surface area contributed by atoms with Crippen LogP contribution in [0.1, 0.15) is 108 Å². The zero-order valence-corrected chi connectivity index (χ0v) is 49.4. The number of thioether (sulfide) groups is 1. The molecule has 2 aromatic heterocycles. The van der Waals surface area contributed by atoms with Crippen LogP contribution in [-0.4, -0.2) is 11.5 Å². The van der Waals surface area contributed by atoms with Crippen molar-refractivity contribution in [1.29, 1.82) is 0 Å². The van der Waals surface area contributed by atoms with E-state index in [2.05, 4.69) is 216 Å². The SMILES string of the molecule is Cc1cc2sc3c(c2cc1C)N(c1ccc2c(c1)oc1ccc(-c4c(F)cccc4F)cc12)c1cc(N2c4ccccc4C(C)(C)c4ccccc42)cc2c1B3c1c(ccc3c1SC1(C)CCCCC31C)N2c1ccc(C(C)(C)C)cc1. The number of nitrogens with zero attached hydrogens (tertiary/aromatic N) is 3. The Kier molecular flexibility index (Phi) is 10.5. The average Bonchev–Trinajstić information content (AvgIpc) is 3.07. The van der Waals surface area contributed by atoms with Gasteiger partial charge in [0.15, 0.2) is 0 Å². The lowest BCUT2D eigenvalue weighted by Gasteiger charge is -2.46. The molecule has 1 aliphatic carbocycles. The molecule has 9 heteroatoms. The van der Waals surface area contributed by atoms with Crippen molar-refractivity contribution in [2.45, 2.75) is 114 Å². The summed E-state index contributed by atoms with van der Waals surface area (Å²) in [7, 11) is 0. The first-order chi connectivity index (χ1) is 39.4. The molecule has 82 heavy (non-hydrogen) atoms. The Morgan fingerprint density at radius 1 is 0.537 bits per heavy atom. The Bertz CT molecular complexity index is 4520. The number of hydrogen-bond acceptors (Lipinski definition) is 6. The zero-order chi connectivity index (χ0) is 56.1. The van der Waals surface area contributed by atoms with Gasteiger partial charge in [-0.05, 0) is 180 Å². The highest BCUT2D eigenvalue weighted by Crippen LogP contribution is 2.64. The molecule has 404 valence electrons. The summed E-state index contributed by atoms with van der Waals surface area (Å²) in [4.78, 5) is 9.15.